The Morgan fingerprint density at radius 2 is 1.84 bits per heavy atom. The minimum atomic E-state index is 0.199. The van der Waals surface area contributed by atoms with E-state index in [4.69, 9.17) is 9.47 Å². The fraction of sp³-hybridized carbons (Fsp3) is 0.350. The third-order valence-corrected chi connectivity index (χ3v) is 4.27. The maximum atomic E-state index is 9.86. The summed E-state index contributed by atoms with van der Waals surface area (Å²) in [7, 11) is 1.60. The second-order valence-corrected chi connectivity index (χ2v) is 6.10. The van der Waals surface area contributed by atoms with Gasteiger partial charge in [0.25, 0.3) is 0 Å². The van der Waals surface area contributed by atoms with Crippen LogP contribution in [0, 0.1) is 0 Å². The number of phenolic OH excluding ortho intramolecular Hbond substituents is 1. The lowest BCUT2D eigenvalue weighted by molar-refractivity contribution is 0.0342. The highest BCUT2D eigenvalue weighted by Gasteiger charge is 2.10. The monoisotopic (exact) mass is 340 g/mol. The van der Waals surface area contributed by atoms with E-state index in [1.54, 1.807) is 31.5 Å². The van der Waals surface area contributed by atoms with Crippen molar-refractivity contribution in [2.75, 3.05) is 33.4 Å². The molecule has 0 unspecified atom stereocenters. The Hall–Kier alpha value is -2.37. The molecule has 0 aromatic heterocycles. The first-order valence-corrected chi connectivity index (χ1v) is 8.49. The molecule has 1 saturated heterocycles. The van der Waals surface area contributed by atoms with Crippen molar-refractivity contribution in [2.45, 2.75) is 13.1 Å². The summed E-state index contributed by atoms with van der Waals surface area (Å²) in [5.74, 6) is 0.900. The standard InChI is InChI=1S/C20H24N2O3/c1-24-19-6-7-20(23)18(12-19)14-21-13-16-2-4-17(5-3-16)15-22-8-10-25-11-9-22/h2-7,12,14,23H,8-11,13,15H2,1H3. The Morgan fingerprint density at radius 3 is 2.56 bits per heavy atom. The minimum absolute atomic E-state index is 0.199. The number of ether oxygens (including phenoxy) is 2. The summed E-state index contributed by atoms with van der Waals surface area (Å²) in [6.07, 6.45) is 1.68. The van der Waals surface area contributed by atoms with Crippen LogP contribution in [0.4, 0.5) is 0 Å². The van der Waals surface area contributed by atoms with E-state index in [-0.39, 0.29) is 5.75 Å². The third kappa shape index (κ3) is 5.05. The van der Waals surface area contributed by atoms with Crippen molar-refractivity contribution in [3.63, 3.8) is 0 Å². The summed E-state index contributed by atoms with van der Waals surface area (Å²) in [6.45, 7) is 5.18. The number of nitrogens with zero attached hydrogens (tertiary/aromatic N) is 2. The molecule has 0 radical (unpaired) electrons. The van der Waals surface area contributed by atoms with E-state index >= 15 is 0 Å². The van der Waals surface area contributed by atoms with Gasteiger partial charge >= 0.3 is 0 Å². The van der Waals surface area contributed by atoms with Crippen LogP contribution in [-0.4, -0.2) is 49.6 Å². The highest BCUT2D eigenvalue weighted by Crippen LogP contribution is 2.21. The number of hydrogen-bond donors (Lipinski definition) is 1. The Labute approximate surface area is 148 Å². The van der Waals surface area contributed by atoms with Gasteiger partial charge in [-0.2, -0.15) is 0 Å². The molecule has 132 valence electrons. The molecule has 3 rings (SSSR count). The second kappa shape index (κ2) is 8.65. The normalized spacial score (nSPS) is 15.6. The number of morpholine rings is 1. The molecule has 0 amide bonds. The zero-order valence-corrected chi connectivity index (χ0v) is 14.5. The quantitative estimate of drug-likeness (QED) is 0.822. The van der Waals surface area contributed by atoms with Crippen molar-refractivity contribution in [1.29, 1.82) is 0 Å². The smallest absolute Gasteiger partial charge is 0.124 e. The predicted octanol–water partition coefficient (Wildman–Crippen LogP) is 2.85. The van der Waals surface area contributed by atoms with Crippen LogP contribution < -0.4 is 4.74 Å². The van der Waals surface area contributed by atoms with Gasteiger partial charge in [0.1, 0.15) is 11.5 Å². The maximum absolute atomic E-state index is 9.86. The fourth-order valence-electron chi connectivity index (χ4n) is 2.78. The first-order valence-electron chi connectivity index (χ1n) is 8.49. The van der Waals surface area contributed by atoms with Crippen molar-refractivity contribution in [3.05, 3.63) is 59.2 Å². The first-order chi connectivity index (χ1) is 12.2. The van der Waals surface area contributed by atoms with Gasteiger partial charge in [-0.3, -0.25) is 9.89 Å². The number of aromatic hydroxyl groups is 1. The van der Waals surface area contributed by atoms with Gasteiger partial charge in [-0.05, 0) is 29.3 Å². The highest BCUT2D eigenvalue weighted by molar-refractivity contribution is 5.84. The van der Waals surface area contributed by atoms with Gasteiger partial charge in [-0.15, -0.1) is 0 Å². The molecule has 5 nitrogen and oxygen atoms in total. The van der Waals surface area contributed by atoms with E-state index in [0.29, 0.717) is 17.9 Å². The van der Waals surface area contributed by atoms with Crippen molar-refractivity contribution >= 4 is 6.21 Å². The zero-order chi connectivity index (χ0) is 17.5. The predicted molar refractivity (Wildman–Crippen MR) is 98.5 cm³/mol. The van der Waals surface area contributed by atoms with E-state index in [9.17, 15) is 5.11 Å². The molecular weight excluding hydrogens is 316 g/mol. The molecule has 1 heterocycles. The lowest BCUT2D eigenvalue weighted by Gasteiger charge is -2.26. The number of aliphatic imine (C=N–C) groups is 1. The van der Waals surface area contributed by atoms with E-state index < -0.39 is 0 Å². The number of benzene rings is 2. The molecule has 1 N–H and O–H groups in total. The van der Waals surface area contributed by atoms with Crippen molar-refractivity contribution in [2.24, 2.45) is 4.99 Å². The molecule has 0 bridgehead atoms. The lowest BCUT2D eigenvalue weighted by atomic mass is 10.1. The fourth-order valence-corrected chi connectivity index (χ4v) is 2.78. The molecule has 1 aliphatic heterocycles. The summed E-state index contributed by atoms with van der Waals surface area (Å²) < 4.78 is 10.5. The van der Waals surface area contributed by atoms with Crippen LogP contribution >= 0.6 is 0 Å². The molecule has 0 spiro atoms. The molecule has 2 aromatic rings. The molecule has 1 fully saturated rings. The minimum Gasteiger partial charge on any atom is -0.507 e. The number of methoxy groups -OCH3 is 1. The first kappa shape index (κ1) is 17.5. The van der Waals surface area contributed by atoms with Crippen LogP contribution in [0.2, 0.25) is 0 Å². The Bertz CT molecular complexity index is 707. The number of phenols is 1. The van der Waals surface area contributed by atoms with Crippen LogP contribution in [0.5, 0.6) is 11.5 Å². The van der Waals surface area contributed by atoms with Crippen LogP contribution in [0.1, 0.15) is 16.7 Å². The Kier molecular flexibility index (Phi) is 6.04. The average Bonchev–Trinajstić information content (AvgIpc) is 2.65. The van der Waals surface area contributed by atoms with Gasteiger partial charge in [0.05, 0.1) is 26.9 Å². The largest absolute Gasteiger partial charge is 0.507 e. The zero-order valence-electron chi connectivity index (χ0n) is 14.5. The summed E-state index contributed by atoms with van der Waals surface area (Å²) in [4.78, 5) is 6.83. The summed E-state index contributed by atoms with van der Waals surface area (Å²) >= 11 is 0. The Morgan fingerprint density at radius 1 is 1.12 bits per heavy atom. The summed E-state index contributed by atoms with van der Waals surface area (Å²) in [6, 6.07) is 13.6. The third-order valence-electron chi connectivity index (χ3n) is 4.27. The molecule has 25 heavy (non-hydrogen) atoms. The maximum Gasteiger partial charge on any atom is 0.124 e. The number of hydrogen-bond acceptors (Lipinski definition) is 5. The second-order valence-electron chi connectivity index (χ2n) is 6.10. The summed E-state index contributed by atoms with van der Waals surface area (Å²) in [5, 5.41) is 9.86. The van der Waals surface area contributed by atoms with Gasteiger partial charge < -0.3 is 14.6 Å². The van der Waals surface area contributed by atoms with E-state index in [1.807, 2.05) is 0 Å². The Balaban J connectivity index is 1.56. The van der Waals surface area contributed by atoms with Gasteiger partial charge in [0.15, 0.2) is 0 Å². The summed E-state index contributed by atoms with van der Waals surface area (Å²) in [5.41, 5.74) is 3.10. The highest BCUT2D eigenvalue weighted by atomic mass is 16.5. The van der Waals surface area contributed by atoms with Gasteiger partial charge in [0, 0.05) is 31.4 Å². The molecular formula is C20H24N2O3. The molecule has 1 aliphatic rings. The molecule has 5 heteroatoms. The van der Waals surface area contributed by atoms with Crippen molar-refractivity contribution in [3.8, 4) is 11.5 Å². The molecule has 2 aromatic carbocycles. The van der Waals surface area contributed by atoms with Crippen LogP contribution in [0.3, 0.4) is 0 Å². The lowest BCUT2D eigenvalue weighted by Crippen LogP contribution is -2.35. The SMILES string of the molecule is COc1ccc(O)c(C=NCc2ccc(CN3CCOCC3)cc2)c1. The van der Waals surface area contributed by atoms with Gasteiger partial charge in [0.2, 0.25) is 0 Å². The van der Waals surface area contributed by atoms with Crippen LogP contribution in [-0.2, 0) is 17.8 Å². The molecule has 0 saturated carbocycles. The number of rotatable bonds is 6. The van der Waals surface area contributed by atoms with E-state index in [1.165, 1.54) is 5.56 Å². The van der Waals surface area contributed by atoms with E-state index in [0.717, 1.165) is 38.4 Å². The van der Waals surface area contributed by atoms with Gasteiger partial charge in [-0.1, -0.05) is 24.3 Å². The van der Waals surface area contributed by atoms with Crippen LogP contribution in [0.15, 0.2) is 47.5 Å². The van der Waals surface area contributed by atoms with Crippen molar-refractivity contribution < 1.29 is 14.6 Å². The molecule has 0 aliphatic carbocycles. The molecule has 0 atom stereocenters. The topological polar surface area (TPSA) is 54.3 Å². The van der Waals surface area contributed by atoms with E-state index in [2.05, 4.69) is 34.2 Å². The van der Waals surface area contributed by atoms with Crippen molar-refractivity contribution in [1.82, 2.24) is 4.90 Å². The van der Waals surface area contributed by atoms with Gasteiger partial charge in [-0.25, -0.2) is 0 Å². The van der Waals surface area contributed by atoms with Crippen LogP contribution in [0.25, 0.3) is 0 Å². The average molecular weight is 340 g/mol.